The van der Waals surface area contributed by atoms with Crippen LogP contribution in [0.1, 0.15) is 37.6 Å². The number of aryl methyl sites for hydroxylation is 2. The highest BCUT2D eigenvalue weighted by Gasteiger charge is 2.24. The first-order valence-electron chi connectivity index (χ1n) is 9.37. The van der Waals surface area contributed by atoms with E-state index in [0.717, 1.165) is 46.3 Å². The van der Waals surface area contributed by atoms with E-state index in [2.05, 4.69) is 37.8 Å². The van der Waals surface area contributed by atoms with Crippen molar-refractivity contribution >= 4 is 11.5 Å². The number of methoxy groups -OCH3 is 1. The number of aromatic nitrogens is 3. The van der Waals surface area contributed by atoms with Gasteiger partial charge in [-0.25, -0.2) is 4.98 Å². The average Bonchev–Trinajstić information content (AvgIpc) is 2.97. The smallest absolute Gasteiger partial charge is 0.165 e. The third-order valence-electron chi connectivity index (χ3n) is 5.35. The number of nitrogens with zero attached hydrogens (tertiary/aromatic N) is 4. The molecule has 1 unspecified atom stereocenters. The molecule has 0 aliphatic carbocycles. The molecule has 3 aromatic rings. The van der Waals surface area contributed by atoms with Crippen molar-refractivity contribution in [2.24, 2.45) is 0 Å². The summed E-state index contributed by atoms with van der Waals surface area (Å²) < 4.78 is 7.61. The summed E-state index contributed by atoms with van der Waals surface area (Å²) in [5, 5.41) is 4.87. The monoisotopic (exact) mass is 350 g/mol. The van der Waals surface area contributed by atoms with Gasteiger partial charge < -0.3 is 9.64 Å². The SMILES string of the molecule is COc1ccccc1-c1c(C)nn2c(N3CCCCC3C)cc(C)nc12. The fourth-order valence-electron chi connectivity index (χ4n) is 4.03. The Balaban J connectivity index is 1.96. The number of ether oxygens (including phenoxy) is 1. The van der Waals surface area contributed by atoms with Gasteiger partial charge in [-0.2, -0.15) is 9.61 Å². The number of rotatable bonds is 3. The molecule has 0 spiro atoms. The summed E-state index contributed by atoms with van der Waals surface area (Å²) in [6.45, 7) is 7.49. The van der Waals surface area contributed by atoms with Gasteiger partial charge in [-0.3, -0.25) is 0 Å². The maximum atomic E-state index is 5.59. The first kappa shape index (κ1) is 16.9. The zero-order chi connectivity index (χ0) is 18.3. The summed E-state index contributed by atoms with van der Waals surface area (Å²) in [6.07, 6.45) is 3.75. The summed E-state index contributed by atoms with van der Waals surface area (Å²) in [4.78, 5) is 7.32. The summed E-state index contributed by atoms with van der Waals surface area (Å²) in [7, 11) is 1.71. The minimum absolute atomic E-state index is 0.521. The van der Waals surface area contributed by atoms with E-state index in [4.69, 9.17) is 14.8 Å². The second-order valence-corrected chi connectivity index (χ2v) is 7.19. The molecule has 1 aliphatic rings. The van der Waals surface area contributed by atoms with Crippen molar-refractivity contribution < 1.29 is 4.74 Å². The summed E-state index contributed by atoms with van der Waals surface area (Å²) in [5.41, 5.74) is 4.98. The fraction of sp³-hybridized carbons (Fsp3) is 0.429. The maximum absolute atomic E-state index is 5.59. The minimum Gasteiger partial charge on any atom is -0.496 e. The average molecular weight is 350 g/mol. The Kier molecular flexibility index (Phi) is 4.31. The van der Waals surface area contributed by atoms with Crippen LogP contribution in [0.3, 0.4) is 0 Å². The lowest BCUT2D eigenvalue weighted by atomic mass is 10.0. The third-order valence-corrected chi connectivity index (χ3v) is 5.35. The molecule has 4 rings (SSSR count). The Morgan fingerprint density at radius 3 is 2.73 bits per heavy atom. The second kappa shape index (κ2) is 6.63. The molecule has 0 bridgehead atoms. The standard InChI is InChI=1S/C21H26N4O/c1-14-13-19(24-12-8-7-9-15(24)2)25-21(22-14)20(16(3)23-25)17-10-5-6-11-18(17)26-4/h5-6,10-11,13,15H,7-9,12H2,1-4H3. The van der Waals surface area contributed by atoms with Crippen LogP contribution in [-0.2, 0) is 0 Å². The van der Waals surface area contributed by atoms with Gasteiger partial charge in [0.2, 0.25) is 0 Å². The highest BCUT2D eigenvalue weighted by Crippen LogP contribution is 2.36. The summed E-state index contributed by atoms with van der Waals surface area (Å²) >= 11 is 0. The highest BCUT2D eigenvalue weighted by atomic mass is 16.5. The molecule has 3 heterocycles. The number of piperidine rings is 1. The van der Waals surface area contributed by atoms with Crippen LogP contribution in [0.5, 0.6) is 5.75 Å². The Labute approximate surface area is 154 Å². The van der Waals surface area contributed by atoms with Crippen LogP contribution in [0.2, 0.25) is 0 Å². The van der Waals surface area contributed by atoms with Crippen LogP contribution >= 0.6 is 0 Å². The minimum atomic E-state index is 0.521. The summed E-state index contributed by atoms with van der Waals surface area (Å²) in [6, 6.07) is 10.8. The predicted octanol–water partition coefficient (Wildman–Crippen LogP) is 4.40. The molecule has 1 atom stereocenters. The van der Waals surface area contributed by atoms with E-state index in [1.807, 2.05) is 22.7 Å². The van der Waals surface area contributed by atoms with Crippen LogP contribution in [0.15, 0.2) is 30.3 Å². The van der Waals surface area contributed by atoms with E-state index >= 15 is 0 Å². The molecule has 1 aliphatic heterocycles. The molecule has 0 radical (unpaired) electrons. The van der Waals surface area contributed by atoms with Crippen LogP contribution in [-0.4, -0.2) is 34.3 Å². The van der Waals surface area contributed by atoms with Crippen molar-refractivity contribution in [2.45, 2.75) is 46.1 Å². The Morgan fingerprint density at radius 1 is 1.15 bits per heavy atom. The molecule has 1 fully saturated rings. The Bertz CT molecular complexity index is 947. The van der Waals surface area contributed by atoms with Gasteiger partial charge in [-0.1, -0.05) is 18.2 Å². The van der Waals surface area contributed by atoms with E-state index in [1.54, 1.807) is 7.11 Å². The lowest BCUT2D eigenvalue weighted by molar-refractivity contribution is 0.416. The van der Waals surface area contributed by atoms with E-state index in [9.17, 15) is 0 Å². The van der Waals surface area contributed by atoms with Crippen molar-refractivity contribution in [2.75, 3.05) is 18.6 Å². The van der Waals surface area contributed by atoms with Gasteiger partial charge in [0, 0.05) is 29.9 Å². The lowest BCUT2D eigenvalue weighted by Crippen LogP contribution is -2.38. The van der Waals surface area contributed by atoms with E-state index in [0.29, 0.717) is 6.04 Å². The van der Waals surface area contributed by atoms with Crippen molar-refractivity contribution in [3.8, 4) is 16.9 Å². The molecular formula is C21H26N4O. The van der Waals surface area contributed by atoms with Crippen molar-refractivity contribution in [1.82, 2.24) is 14.6 Å². The van der Waals surface area contributed by atoms with Crippen molar-refractivity contribution in [3.05, 3.63) is 41.7 Å². The number of anilines is 1. The molecule has 5 heteroatoms. The first-order chi connectivity index (χ1) is 12.6. The number of benzene rings is 1. The normalized spacial score (nSPS) is 17.7. The van der Waals surface area contributed by atoms with Gasteiger partial charge in [-0.15, -0.1) is 0 Å². The van der Waals surface area contributed by atoms with Crippen LogP contribution in [0, 0.1) is 13.8 Å². The van der Waals surface area contributed by atoms with Crippen molar-refractivity contribution in [1.29, 1.82) is 0 Å². The second-order valence-electron chi connectivity index (χ2n) is 7.19. The molecular weight excluding hydrogens is 324 g/mol. The quantitative estimate of drug-likeness (QED) is 0.702. The van der Waals surface area contributed by atoms with E-state index in [1.165, 1.54) is 19.3 Å². The van der Waals surface area contributed by atoms with E-state index < -0.39 is 0 Å². The van der Waals surface area contributed by atoms with Crippen LogP contribution in [0.4, 0.5) is 5.82 Å². The molecule has 26 heavy (non-hydrogen) atoms. The molecule has 136 valence electrons. The molecule has 0 N–H and O–H groups in total. The largest absolute Gasteiger partial charge is 0.496 e. The zero-order valence-corrected chi connectivity index (χ0v) is 16.0. The van der Waals surface area contributed by atoms with E-state index in [-0.39, 0.29) is 0 Å². The number of hydrogen-bond donors (Lipinski definition) is 0. The van der Waals surface area contributed by atoms with Crippen molar-refractivity contribution in [3.63, 3.8) is 0 Å². The molecule has 0 amide bonds. The molecule has 1 saturated heterocycles. The lowest BCUT2D eigenvalue weighted by Gasteiger charge is -2.35. The third kappa shape index (κ3) is 2.71. The number of hydrogen-bond acceptors (Lipinski definition) is 4. The Morgan fingerprint density at radius 2 is 1.96 bits per heavy atom. The topological polar surface area (TPSA) is 42.7 Å². The van der Waals surface area contributed by atoms with Gasteiger partial charge in [0.1, 0.15) is 11.6 Å². The molecule has 1 aromatic carbocycles. The van der Waals surface area contributed by atoms with Gasteiger partial charge >= 0.3 is 0 Å². The highest BCUT2D eigenvalue weighted by molar-refractivity contribution is 5.84. The predicted molar refractivity (Wildman–Crippen MR) is 105 cm³/mol. The number of fused-ring (bicyclic) bond motifs is 1. The van der Waals surface area contributed by atoms with Crippen LogP contribution in [0.25, 0.3) is 16.8 Å². The molecule has 2 aromatic heterocycles. The van der Waals surface area contributed by atoms with Gasteiger partial charge in [0.15, 0.2) is 5.65 Å². The zero-order valence-electron chi connectivity index (χ0n) is 16.0. The fourth-order valence-corrected chi connectivity index (χ4v) is 4.03. The van der Waals surface area contributed by atoms with Gasteiger partial charge in [0.25, 0.3) is 0 Å². The maximum Gasteiger partial charge on any atom is 0.165 e. The first-order valence-corrected chi connectivity index (χ1v) is 9.37. The van der Waals surface area contributed by atoms with Gasteiger partial charge in [0.05, 0.1) is 18.4 Å². The Hall–Kier alpha value is -2.56. The van der Waals surface area contributed by atoms with Gasteiger partial charge in [-0.05, 0) is 46.1 Å². The van der Waals surface area contributed by atoms with Crippen LogP contribution < -0.4 is 9.64 Å². The number of para-hydroxylation sites is 1. The molecule has 5 nitrogen and oxygen atoms in total. The summed E-state index contributed by atoms with van der Waals surface area (Å²) in [5.74, 6) is 1.99. The molecule has 0 saturated carbocycles.